The van der Waals surface area contributed by atoms with Crippen molar-refractivity contribution in [1.82, 2.24) is 0 Å². The molecule has 0 aromatic heterocycles. The van der Waals surface area contributed by atoms with Gasteiger partial charge in [-0.2, -0.15) is 0 Å². The molecular formula is C59H47NO. The van der Waals surface area contributed by atoms with Gasteiger partial charge in [0.1, 0.15) is 11.5 Å². The number of fused-ring (bicyclic) bond motifs is 6. The summed E-state index contributed by atoms with van der Waals surface area (Å²) in [5, 5.41) is 0. The molecule has 2 heteroatoms. The van der Waals surface area contributed by atoms with E-state index in [2.05, 4.69) is 232 Å². The van der Waals surface area contributed by atoms with E-state index in [0.29, 0.717) is 6.42 Å². The Morgan fingerprint density at radius 3 is 1.56 bits per heavy atom. The molecule has 2 nitrogen and oxygen atoms in total. The van der Waals surface area contributed by atoms with Crippen molar-refractivity contribution in [1.29, 1.82) is 0 Å². The largest absolute Gasteiger partial charge is 0.457 e. The first-order chi connectivity index (χ1) is 29.9. The fourth-order valence-corrected chi connectivity index (χ4v) is 9.78. The second kappa shape index (κ2) is 15.6. The maximum absolute atomic E-state index is 6.97. The minimum Gasteiger partial charge on any atom is -0.457 e. The Labute approximate surface area is 360 Å². The van der Waals surface area contributed by atoms with Gasteiger partial charge >= 0.3 is 0 Å². The van der Waals surface area contributed by atoms with Crippen LogP contribution in [0.5, 0.6) is 11.5 Å². The van der Waals surface area contributed by atoms with Crippen molar-refractivity contribution in [2.45, 2.75) is 32.6 Å². The quantitative estimate of drug-likeness (QED) is 0.166. The Kier molecular flexibility index (Phi) is 9.70. The van der Waals surface area contributed by atoms with Crippen LogP contribution in [0.25, 0.3) is 33.4 Å². The molecule has 0 unspecified atom stereocenters. The summed E-state index contributed by atoms with van der Waals surface area (Å²) in [5.74, 6) is 1.66. The molecule has 0 atom stereocenters. The van der Waals surface area contributed by atoms with Gasteiger partial charge in [-0.15, -0.1) is 0 Å². The van der Waals surface area contributed by atoms with Crippen molar-refractivity contribution in [3.8, 4) is 44.9 Å². The SMILES string of the molecule is C=C1/C=C\C=C/Cc2c(N(c3ccc(-c4ccccc4)cc3)c3c(C)cc(C)cc3C)cccc2C12c1cc(-c3ccccc3)ccc1Oc1ccc(-c3ccccc3)cc12. The first-order valence-corrected chi connectivity index (χ1v) is 21.2. The number of hydrogen-bond donors (Lipinski definition) is 0. The zero-order valence-corrected chi connectivity index (χ0v) is 34.9. The molecule has 0 bridgehead atoms. The first kappa shape index (κ1) is 37.8. The third kappa shape index (κ3) is 6.62. The Hall–Kier alpha value is -7.42. The van der Waals surface area contributed by atoms with E-state index in [9.17, 15) is 0 Å². The van der Waals surface area contributed by atoms with Gasteiger partial charge in [-0.1, -0.05) is 176 Å². The molecule has 0 radical (unpaired) electrons. The molecule has 0 fully saturated rings. The molecule has 0 N–H and O–H groups in total. The Balaban J connectivity index is 1.29. The van der Waals surface area contributed by atoms with Gasteiger partial charge < -0.3 is 9.64 Å². The zero-order valence-electron chi connectivity index (χ0n) is 34.9. The van der Waals surface area contributed by atoms with Crippen LogP contribution >= 0.6 is 0 Å². The fraction of sp³-hybridized carbons (Fsp3) is 0.0847. The minimum absolute atomic E-state index is 0.704. The molecule has 1 heterocycles. The third-order valence-corrected chi connectivity index (χ3v) is 12.4. The number of benzene rings is 8. The summed E-state index contributed by atoms with van der Waals surface area (Å²) in [6.45, 7) is 11.7. The number of ether oxygens (including phenoxy) is 1. The van der Waals surface area contributed by atoms with Gasteiger partial charge in [-0.05, 0) is 131 Å². The maximum Gasteiger partial charge on any atom is 0.132 e. The highest BCUT2D eigenvalue weighted by Crippen LogP contribution is 2.59. The summed E-state index contributed by atoms with van der Waals surface area (Å²) in [6, 6.07) is 65.8. The normalized spacial score (nSPS) is 14.6. The lowest BCUT2D eigenvalue weighted by molar-refractivity contribution is 0.434. The van der Waals surface area contributed by atoms with Crippen LogP contribution in [0.3, 0.4) is 0 Å². The fourth-order valence-electron chi connectivity index (χ4n) is 9.78. The molecule has 10 rings (SSSR count). The van der Waals surface area contributed by atoms with Crippen molar-refractivity contribution in [3.63, 3.8) is 0 Å². The first-order valence-electron chi connectivity index (χ1n) is 21.2. The van der Waals surface area contributed by atoms with Gasteiger partial charge in [0.05, 0.1) is 11.1 Å². The number of anilines is 3. The smallest absolute Gasteiger partial charge is 0.132 e. The summed E-state index contributed by atoms with van der Waals surface area (Å²) in [5.41, 5.74) is 18.8. The van der Waals surface area contributed by atoms with Crippen LogP contribution in [0.1, 0.15) is 38.9 Å². The average molecular weight is 786 g/mol. The molecule has 2 aliphatic rings. The van der Waals surface area contributed by atoms with E-state index in [1.54, 1.807) is 0 Å². The lowest BCUT2D eigenvalue weighted by Crippen LogP contribution is -2.35. The van der Waals surface area contributed by atoms with Gasteiger partial charge in [-0.3, -0.25) is 0 Å². The number of rotatable bonds is 6. The molecule has 0 saturated heterocycles. The topological polar surface area (TPSA) is 12.5 Å². The number of aryl methyl sites for hydroxylation is 3. The van der Waals surface area contributed by atoms with E-state index in [-0.39, 0.29) is 0 Å². The van der Waals surface area contributed by atoms with Gasteiger partial charge in [-0.25, -0.2) is 0 Å². The summed E-state index contributed by atoms with van der Waals surface area (Å²) in [7, 11) is 0. The maximum atomic E-state index is 6.97. The molecular weight excluding hydrogens is 739 g/mol. The van der Waals surface area contributed by atoms with Crippen LogP contribution < -0.4 is 9.64 Å². The van der Waals surface area contributed by atoms with Crippen molar-refractivity contribution in [2.24, 2.45) is 0 Å². The monoisotopic (exact) mass is 785 g/mol. The molecule has 61 heavy (non-hydrogen) atoms. The van der Waals surface area contributed by atoms with Crippen molar-refractivity contribution >= 4 is 17.1 Å². The van der Waals surface area contributed by atoms with Gasteiger partial charge in [0.15, 0.2) is 0 Å². The van der Waals surface area contributed by atoms with Crippen LogP contribution in [-0.2, 0) is 11.8 Å². The summed E-state index contributed by atoms with van der Waals surface area (Å²) < 4.78 is 6.97. The van der Waals surface area contributed by atoms with Crippen LogP contribution in [-0.4, -0.2) is 0 Å². The Morgan fingerprint density at radius 2 is 1.00 bits per heavy atom. The van der Waals surface area contributed by atoms with Crippen LogP contribution in [0.15, 0.2) is 218 Å². The predicted octanol–water partition coefficient (Wildman–Crippen LogP) is 15.7. The van der Waals surface area contributed by atoms with E-state index in [1.807, 2.05) is 0 Å². The second-order valence-corrected chi connectivity index (χ2v) is 16.3. The lowest BCUT2D eigenvalue weighted by Gasteiger charge is -2.44. The highest BCUT2D eigenvalue weighted by atomic mass is 16.5. The lowest BCUT2D eigenvalue weighted by atomic mass is 9.61. The minimum atomic E-state index is -0.827. The molecule has 1 aliphatic carbocycles. The van der Waals surface area contributed by atoms with E-state index in [0.717, 1.165) is 61.8 Å². The van der Waals surface area contributed by atoms with Gasteiger partial charge in [0, 0.05) is 22.5 Å². The van der Waals surface area contributed by atoms with Crippen LogP contribution in [0.4, 0.5) is 17.1 Å². The third-order valence-electron chi connectivity index (χ3n) is 12.4. The molecule has 1 spiro atoms. The Morgan fingerprint density at radius 1 is 0.492 bits per heavy atom. The average Bonchev–Trinajstić information content (AvgIpc) is 3.36. The molecule has 8 aromatic carbocycles. The standard InChI is InChI=1S/C59H47NO/c1-40-36-41(2)58(42(3)37-40)60(50-32-28-47(29-33-50)44-19-10-6-11-20-44)55-27-17-26-52-51(55)25-16-5-9-18-43(4)59(52)53-38-48(45-21-12-7-13-22-45)30-34-56(53)61-57-35-31-49(39-54(57)59)46-23-14-8-15-24-46/h5-24,26-39H,4,25H2,1-3H3/b16-5-,18-9-. The summed E-state index contributed by atoms with van der Waals surface area (Å²) in [4.78, 5) is 2.50. The molecule has 8 aromatic rings. The van der Waals surface area contributed by atoms with Crippen LogP contribution in [0, 0.1) is 20.8 Å². The zero-order chi connectivity index (χ0) is 41.5. The van der Waals surface area contributed by atoms with E-state index in [4.69, 9.17) is 11.3 Å². The second-order valence-electron chi connectivity index (χ2n) is 16.3. The van der Waals surface area contributed by atoms with Crippen molar-refractivity contribution in [3.05, 3.63) is 257 Å². The number of allylic oxidation sites excluding steroid dienone is 5. The Bertz CT molecular complexity index is 2880. The van der Waals surface area contributed by atoms with Crippen LogP contribution in [0.2, 0.25) is 0 Å². The van der Waals surface area contributed by atoms with Crippen molar-refractivity contribution < 1.29 is 4.74 Å². The molecule has 1 aliphatic heterocycles. The van der Waals surface area contributed by atoms with Gasteiger partial charge in [0.25, 0.3) is 0 Å². The number of hydrogen-bond acceptors (Lipinski definition) is 2. The summed E-state index contributed by atoms with van der Waals surface area (Å²) >= 11 is 0. The van der Waals surface area contributed by atoms with Gasteiger partial charge in [0.2, 0.25) is 0 Å². The predicted molar refractivity (Wildman–Crippen MR) is 256 cm³/mol. The highest BCUT2D eigenvalue weighted by molar-refractivity contribution is 5.86. The van der Waals surface area contributed by atoms with E-state index in [1.165, 1.54) is 44.6 Å². The number of nitrogens with zero attached hydrogens (tertiary/aromatic N) is 1. The highest BCUT2D eigenvalue weighted by Gasteiger charge is 2.47. The molecule has 0 amide bonds. The molecule has 294 valence electrons. The van der Waals surface area contributed by atoms with E-state index < -0.39 is 5.41 Å². The van der Waals surface area contributed by atoms with E-state index >= 15 is 0 Å². The summed E-state index contributed by atoms with van der Waals surface area (Å²) in [6.07, 6.45) is 9.53. The van der Waals surface area contributed by atoms with Crippen molar-refractivity contribution in [2.75, 3.05) is 4.90 Å². The molecule has 0 saturated carbocycles.